The molecule has 3 heterocycles. The third-order valence-corrected chi connectivity index (χ3v) is 8.61. The highest BCUT2D eigenvalue weighted by molar-refractivity contribution is 8.00. The number of carbonyl (C=O) groups is 1. The number of benzene rings is 1. The first-order valence-corrected chi connectivity index (χ1v) is 12.8. The first-order valence-electron chi connectivity index (χ1n) is 8.64. The average Bonchev–Trinajstić information content (AvgIpc) is 3.42. The minimum Gasteiger partial charge on any atom is -0.451 e. The number of furan rings is 1. The molecule has 30 heavy (non-hydrogen) atoms. The molecule has 1 amide bonds. The van der Waals surface area contributed by atoms with Crippen LogP contribution >= 0.6 is 34.4 Å². The van der Waals surface area contributed by atoms with Gasteiger partial charge in [-0.3, -0.25) is 4.79 Å². The molecule has 0 aliphatic carbocycles. The number of fused-ring (bicyclic) bond motifs is 1. The van der Waals surface area contributed by atoms with Gasteiger partial charge in [0.25, 0.3) is 5.91 Å². The van der Waals surface area contributed by atoms with Crippen molar-refractivity contribution in [2.45, 2.75) is 27.8 Å². The molecule has 0 bridgehead atoms. The van der Waals surface area contributed by atoms with E-state index in [4.69, 9.17) is 9.56 Å². The van der Waals surface area contributed by atoms with Crippen LogP contribution in [0.1, 0.15) is 26.0 Å². The summed E-state index contributed by atoms with van der Waals surface area (Å²) in [7, 11) is -3.75. The highest BCUT2D eigenvalue weighted by Gasteiger charge is 2.21. The summed E-state index contributed by atoms with van der Waals surface area (Å²) < 4.78 is 29.5. The Labute approximate surface area is 184 Å². The van der Waals surface area contributed by atoms with Crippen molar-refractivity contribution in [2.24, 2.45) is 5.14 Å². The molecular formula is C18H16N4O4S4. The van der Waals surface area contributed by atoms with E-state index >= 15 is 0 Å². The number of rotatable bonds is 7. The number of thiophene rings is 1. The smallest absolute Gasteiger partial charge is 0.287 e. The second-order valence-corrected chi connectivity index (χ2v) is 11.6. The fourth-order valence-corrected chi connectivity index (χ4v) is 6.31. The van der Waals surface area contributed by atoms with E-state index in [0.29, 0.717) is 16.2 Å². The lowest BCUT2D eigenvalue weighted by Crippen LogP contribution is -2.22. The zero-order valence-electron chi connectivity index (χ0n) is 15.6. The molecule has 12 heteroatoms. The SMILES string of the molecule is Cc1nnc(SCc2c(C(=O)NCc3ccc(S(N)(=O)=O)s3)oc3ccccc23)s1. The summed E-state index contributed by atoms with van der Waals surface area (Å²) in [6.07, 6.45) is 0. The Morgan fingerprint density at radius 3 is 2.70 bits per heavy atom. The highest BCUT2D eigenvalue weighted by Crippen LogP contribution is 2.33. The number of amides is 1. The van der Waals surface area contributed by atoms with Gasteiger partial charge in [-0.1, -0.05) is 41.3 Å². The molecule has 4 rings (SSSR count). The molecule has 3 N–H and O–H groups in total. The van der Waals surface area contributed by atoms with Crippen molar-refractivity contribution in [1.29, 1.82) is 0 Å². The van der Waals surface area contributed by atoms with E-state index in [0.717, 1.165) is 31.6 Å². The summed E-state index contributed by atoms with van der Waals surface area (Å²) >= 11 is 4.00. The summed E-state index contributed by atoms with van der Waals surface area (Å²) in [6.45, 7) is 2.05. The van der Waals surface area contributed by atoms with Gasteiger partial charge in [0, 0.05) is 21.6 Å². The molecule has 0 radical (unpaired) electrons. The maximum atomic E-state index is 12.8. The largest absolute Gasteiger partial charge is 0.451 e. The van der Waals surface area contributed by atoms with Gasteiger partial charge in [-0.2, -0.15) is 0 Å². The molecule has 0 atom stereocenters. The van der Waals surface area contributed by atoms with Gasteiger partial charge in [-0.15, -0.1) is 21.5 Å². The van der Waals surface area contributed by atoms with Crippen LogP contribution in [0.4, 0.5) is 0 Å². The first-order chi connectivity index (χ1) is 14.3. The van der Waals surface area contributed by atoms with Crippen molar-refractivity contribution in [1.82, 2.24) is 15.5 Å². The lowest BCUT2D eigenvalue weighted by molar-refractivity contribution is 0.0924. The number of aryl methyl sites for hydroxylation is 1. The van der Waals surface area contributed by atoms with E-state index in [2.05, 4.69) is 15.5 Å². The van der Waals surface area contributed by atoms with Crippen LogP contribution in [0.3, 0.4) is 0 Å². The molecule has 4 aromatic rings. The normalized spacial score (nSPS) is 11.8. The van der Waals surface area contributed by atoms with Crippen LogP contribution in [0.2, 0.25) is 0 Å². The van der Waals surface area contributed by atoms with Crippen molar-refractivity contribution in [3.8, 4) is 0 Å². The van der Waals surface area contributed by atoms with Crippen LogP contribution in [-0.4, -0.2) is 24.5 Å². The molecule has 156 valence electrons. The van der Waals surface area contributed by atoms with Gasteiger partial charge in [0.15, 0.2) is 10.1 Å². The van der Waals surface area contributed by atoms with Crippen LogP contribution in [0, 0.1) is 6.92 Å². The molecule has 1 aromatic carbocycles. The summed E-state index contributed by atoms with van der Waals surface area (Å²) in [5.41, 5.74) is 1.40. The van der Waals surface area contributed by atoms with Crippen LogP contribution in [-0.2, 0) is 22.3 Å². The van der Waals surface area contributed by atoms with Gasteiger partial charge < -0.3 is 9.73 Å². The van der Waals surface area contributed by atoms with Crippen LogP contribution in [0.5, 0.6) is 0 Å². The Bertz CT molecular complexity index is 1320. The van der Waals surface area contributed by atoms with Crippen molar-refractivity contribution >= 4 is 61.3 Å². The molecule has 0 saturated carbocycles. The number of nitrogens with two attached hydrogens (primary N) is 1. The predicted molar refractivity (Wildman–Crippen MR) is 117 cm³/mol. The topological polar surface area (TPSA) is 128 Å². The van der Waals surface area contributed by atoms with Gasteiger partial charge in [-0.05, 0) is 25.1 Å². The molecule has 0 fully saturated rings. The van der Waals surface area contributed by atoms with Crippen LogP contribution in [0.15, 0.2) is 49.4 Å². The lowest BCUT2D eigenvalue weighted by Gasteiger charge is -2.04. The van der Waals surface area contributed by atoms with Crippen LogP contribution in [0.25, 0.3) is 11.0 Å². The second kappa shape index (κ2) is 8.47. The molecule has 0 unspecified atom stereocenters. The number of sulfonamides is 1. The molecule has 0 saturated heterocycles. The quantitative estimate of drug-likeness (QED) is 0.387. The molecule has 0 aliphatic rings. The Hall–Kier alpha value is -2.25. The van der Waals surface area contributed by atoms with E-state index in [-0.39, 0.29) is 22.4 Å². The predicted octanol–water partition coefficient (Wildman–Crippen LogP) is 3.52. The van der Waals surface area contributed by atoms with E-state index in [1.165, 1.54) is 29.2 Å². The number of hydrogen-bond acceptors (Lipinski definition) is 9. The van der Waals surface area contributed by atoms with E-state index in [9.17, 15) is 13.2 Å². The van der Waals surface area contributed by atoms with Gasteiger partial charge >= 0.3 is 0 Å². The molecule has 0 aliphatic heterocycles. The fourth-order valence-electron chi connectivity index (χ4n) is 2.75. The van der Waals surface area contributed by atoms with Gasteiger partial charge in [-0.25, -0.2) is 13.6 Å². The summed E-state index contributed by atoms with van der Waals surface area (Å²) in [5, 5.41) is 17.8. The van der Waals surface area contributed by atoms with Crippen molar-refractivity contribution in [2.75, 3.05) is 0 Å². The number of aromatic nitrogens is 2. The third kappa shape index (κ3) is 4.57. The summed E-state index contributed by atoms with van der Waals surface area (Å²) in [4.78, 5) is 13.5. The first kappa shape index (κ1) is 21.0. The number of nitrogens with zero attached hydrogens (tertiary/aromatic N) is 2. The zero-order chi connectivity index (χ0) is 21.3. The number of primary sulfonamides is 1. The van der Waals surface area contributed by atoms with E-state index in [1.54, 1.807) is 6.07 Å². The number of carbonyl (C=O) groups excluding carboxylic acids is 1. The Kier molecular flexibility index (Phi) is 5.93. The average molecular weight is 481 g/mol. The Morgan fingerprint density at radius 2 is 2.00 bits per heavy atom. The van der Waals surface area contributed by atoms with Crippen LogP contribution < -0.4 is 10.5 Å². The monoisotopic (exact) mass is 480 g/mol. The zero-order valence-corrected chi connectivity index (χ0v) is 18.9. The summed E-state index contributed by atoms with van der Waals surface area (Å²) in [5.74, 6) is 0.358. The maximum Gasteiger partial charge on any atom is 0.287 e. The Morgan fingerprint density at radius 1 is 1.20 bits per heavy atom. The third-order valence-electron chi connectivity index (χ3n) is 4.09. The Balaban J connectivity index is 1.54. The number of thioether (sulfide) groups is 1. The fraction of sp³-hybridized carbons (Fsp3) is 0.167. The molecule has 0 spiro atoms. The number of para-hydroxylation sites is 1. The minimum absolute atomic E-state index is 0.0555. The van der Waals surface area contributed by atoms with E-state index < -0.39 is 10.0 Å². The highest BCUT2D eigenvalue weighted by atomic mass is 32.2. The van der Waals surface area contributed by atoms with Crippen molar-refractivity contribution in [3.05, 3.63) is 57.6 Å². The standard InChI is InChI=1S/C18H16N4O4S4/c1-10-21-22-18(28-10)27-9-13-12-4-2-3-5-14(12)26-16(13)17(23)20-8-11-6-7-15(29-11)30(19,24)25/h2-7H,8-9H2,1H3,(H,20,23)(H2,19,24,25). The molecule has 8 nitrogen and oxygen atoms in total. The minimum atomic E-state index is -3.75. The lowest BCUT2D eigenvalue weighted by atomic mass is 10.1. The molecule has 3 aromatic heterocycles. The number of hydrogen-bond donors (Lipinski definition) is 2. The van der Waals surface area contributed by atoms with Gasteiger partial charge in [0.1, 0.15) is 14.8 Å². The maximum absolute atomic E-state index is 12.8. The van der Waals surface area contributed by atoms with E-state index in [1.807, 2.05) is 31.2 Å². The van der Waals surface area contributed by atoms with Crippen molar-refractivity contribution in [3.63, 3.8) is 0 Å². The second-order valence-electron chi connectivity index (χ2n) is 6.23. The van der Waals surface area contributed by atoms with Gasteiger partial charge in [0.2, 0.25) is 10.0 Å². The van der Waals surface area contributed by atoms with Crippen molar-refractivity contribution < 1.29 is 17.6 Å². The number of nitrogens with one attached hydrogen (secondary N) is 1. The van der Waals surface area contributed by atoms with Gasteiger partial charge in [0.05, 0.1) is 6.54 Å². The molecular weight excluding hydrogens is 464 g/mol. The summed E-state index contributed by atoms with van der Waals surface area (Å²) in [6, 6.07) is 10.5.